The zero-order valence-electron chi connectivity index (χ0n) is 10.8. The molecule has 0 aromatic carbocycles. The molecule has 0 radical (unpaired) electrons. The second kappa shape index (κ2) is 8.12. The summed E-state index contributed by atoms with van der Waals surface area (Å²) in [5.41, 5.74) is 0. The van der Waals surface area contributed by atoms with Gasteiger partial charge in [0.2, 0.25) is 5.91 Å². The molecule has 0 saturated carbocycles. The Balaban J connectivity index is 3.85. The number of carbonyl (C=O) groups excluding carboxylic acids is 1. The highest BCUT2D eigenvalue weighted by molar-refractivity contribution is 5.80. The summed E-state index contributed by atoms with van der Waals surface area (Å²) in [7, 11) is 2.02. The third-order valence-electron chi connectivity index (χ3n) is 2.69. The van der Waals surface area contributed by atoms with Gasteiger partial charge in [0, 0.05) is 19.1 Å². The van der Waals surface area contributed by atoms with Crippen molar-refractivity contribution in [3.63, 3.8) is 0 Å². The summed E-state index contributed by atoms with van der Waals surface area (Å²) in [5.74, 6) is -0.629. The van der Waals surface area contributed by atoms with Gasteiger partial charge < -0.3 is 10.2 Å². The van der Waals surface area contributed by atoms with Crippen molar-refractivity contribution in [3.8, 4) is 6.07 Å². The molecule has 0 heterocycles. The van der Waals surface area contributed by atoms with Crippen LogP contribution >= 0.6 is 0 Å². The zero-order chi connectivity index (χ0) is 12.6. The summed E-state index contributed by atoms with van der Waals surface area (Å²) in [5, 5.41) is 11.6. The Labute approximate surface area is 98.6 Å². The number of hydrogen-bond acceptors (Lipinski definition) is 3. The summed E-state index contributed by atoms with van der Waals surface area (Å²) in [6.07, 6.45) is 1.50. The molecule has 0 aromatic heterocycles. The minimum absolute atomic E-state index is 0.137. The van der Waals surface area contributed by atoms with E-state index in [1.807, 2.05) is 20.0 Å². The van der Waals surface area contributed by atoms with E-state index in [1.165, 1.54) is 0 Å². The lowest BCUT2D eigenvalue weighted by Gasteiger charge is -2.21. The molecule has 4 heteroatoms. The first-order valence-corrected chi connectivity index (χ1v) is 5.90. The molecule has 1 atom stereocenters. The van der Waals surface area contributed by atoms with Gasteiger partial charge in [-0.1, -0.05) is 13.3 Å². The number of hydrogen-bond donors (Lipinski definition) is 1. The predicted octanol–water partition coefficient (Wildman–Crippen LogP) is 1.38. The van der Waals surface area contributed by atoms with E-state index in [9.17, 15) is 4.79 Å². The van der Waals surface area contributed by atoms with Crippen LogP contribution in [0.3, 0.4) is 0 Å². The fraction of sp³-hybridized carbons (Fsp3) is 0.833. The highest BCUT2D eigenvalue weighted by Crippen LogP contribution is 2.04. The SMILES string of the molecule is CCCC(C#N)C(=O)NCCN(C)C(C)C. The molecular formula is C12H23N3O. The highest BCUT2D eigenvalue weighted by atomic mass is 16.1. The number of nitrogens with one attached hydrogen (secondary N) is 1. The van der Waals surface area contributed by atoms with Crippen molar-refractivity contribution in [1.82, 2.24) is 10.2 Å². The summed E-state index contributed by atoms with van der Waals surface area (Å²) < 4.78 is 0. The van der Waals surface area contributed by atoms with E-state index in [-0.39, 0.29) is 5.91 Å². The van der Waals surface area contributed by atoms with Crippen LogP contribution in [0.1, 0.15) is 33.6 Å². The maximum Gasteiger partial charge on any atom is 0.237 e. The van der Waals surface area contributed by atoms with Crippen LogP contribution in [0.25, 0.3) is 0 Å². The molecular weight excluding hydrogens is 202 g/mol. The molecule has 0 aliphatic rings. The molecule has 0 aliphatic carbocycles. The third-order valence-corrected chi connectivity index (χ3v) is 2.69. The molecule has 1 unspecified atom stereocenters. The number of likely N-dealkylation sites (N-methyl/N-ethyl adjacent to an activating group) is 1. The predicted molar refractivity (Wildman–Crippen MR) is 64.8 cm³/mol. The number of amides is 1. The van der Waals surface area contributed by atoms with Crippen molar-refractivity contribution in [1.29, 1.82) is 5.26 Å². The molecule has 0 bridgehead atoms. The van der Waals surface area contributed by atoms with Crippen molar-refractivity contribution in [2.45, 2.75) is 39.7 Å². The molecule has 4 nitrogen and oxygen atoms in total. The Bertz CT molecular complexity index is 245. The average molecular weight is 225 g/mol. The van der Waals surface area contributed by atoms with E-state index in [0.717, 1.165) is 13.0 Å². The summed E-state index contributed by atoms with van der Waals surface area (Å²) in [6.45, 7) is 7.61. The Morgan fingerprint density at radius 2 is 2.12 bits per heavy atom. The van der Waals surface area contributed by atoms with E-state index >= 15 is 0 Å². The van der Waals surface area contributed by atoms with E-state index in [4.69, 9.17) is 5.26 Å². The Morgan fingerprint density at radius 1 is 1.50 bits per heavy atom. The minimum atomic E-state index is -0.491. The van der Waals surface area contributed by atoms with Gasteiger partial charge in [-0.05, 0) is 27.3 Å². The van der Waals surface area contributed by atoms with Gasteiger partial charge in [0.25, 0.3) is 0 Å². The first-order valence-electron chi connectivity index (χ1n) is 5.90. The Kier molecular flexibility index (Phi) is 7.57. The lowest BCUT2D eigenvalue weighted by atomic mass is 10.1. The highest BCUT2D eigenvalue weighted by Gasteiger charge is 2.16. The summed E-state index contributed by atoms with van der Waals surface area (Å²) in [4.78, 5) is 13.7. The zero-order valence-corrected chi connectivity index (χ0v) is 10.8. The lowest BCUT2D eigenvalue weighted by molar-refractivity contribution is -0.123. The fourth-order valence-corrected chi connectivity index (χ4v) is 1.28. The second-order valence-electron chi connectivity index (χ2n) is 4.34. The number of nitriles is 1. The van der Waals surface area contributed by atoms with Crippen LogP contribution in [-0.4, -0.2) is 37.0 Å². The molecule has 0 aliphatic heterocycles. The average Bonchev–Trinajstić information content (AvgIpc) is 2.25. The molecule has 0 aromatic rings. The Hall–Kier alpha value is -1.08. The second-order valence-corrected chi connectivity index (χ2v) is 4.34. The van der Waals surface area contributed by atoms with Gasteiger partial charge in [-0.25, -0.2) is 0 Å². The maximum atomic E-state index is 11.6. The normalized spacial score (nSPS) is 12.6. The summed E-state index contributed by atoms with van der Waals surface area (Å²) >= 11 is 0. The fourth-order valence-electron chi connectivity index (χ4n) is 1.28. The van der Waals surface area contributed by atoms with Crippen LogP contribution in [0.4, 0.5) is 0 Å². The first kappa shape index (κ1) is 14.9. The van der Waals surface area contributed by atoms with Crippen molar-refractivity contribution in [3.05, 3.63) is 0 Å². The number of carbonyl (C=O) groups is 1. The van der Waals surface area contributed by atoms with Crippen LogP contribution in [0.2, 0.25) is 0 Å². The molecule has 16 heavy (non-hydrogen) atoms. The van der Waals surface area contributed by atoms with Gasteiger partial charge >= 0.3 is 0 Å². The van der Waals surface area contributed by atoms with E-state index in [2.05, 4.69) is 24.1 Å². The van der Waals surface area contributed by atoms with Crippen molar-refractivity contribution < 1.29 is 4.79 Å². The molecule has 0 rings (SSSR count). The smallest absolute Gasteiger partial charge is 0.237 e. The van der Waals surface area contributed by atoms with Gasteiger partial charge in [0.05, 0.1) is 6.07 Å². The van der Waals surface area contributed by atoms with Gasteiger partial charge in [-0.3, -0.25) is 4.79 Å². The first-order chi connectivity index (χ1) is 7.52. The van der Waals surface area contributed by atoms with E-state index in [1.54, 1.807) is 0 Å². The summed E-state index contributed by atoms with van der Waals surface area (Å²) in [6, 6.07) is 2.51. The van der Waals surface area contributed by atoms with Crippen LogP contribution in [0.15, 0.2) is 0 Å². The van der Waals surface area contributed by atoms with Crippen molar-refractivity contribution in [2.24, 2.45) is 5.92 Å². The molecule has 1 N–H and O–H groups in total. The van der Waals surface area contributed by atoms with Gasteiger partial charge in [0.15, 0.2) is 0 Å². The lowest BCUT2D eigenvalue weighted by Crippen LogP contribution is -2.38. The molecule has 0 saturated heterocycles. The topological polar surface area (TPSA) is 56.1 Å². The molecule has 0 spiro atoms. The van der Waals surface area contributed by atoms with Crippen LogP contribution in [-0.2, 0) is 4.79 Å². The monoisotopic (exact) mass is 225 g/mol. The van der Waals surface area contributed by atoms with Crippen LogP contribution in [0, 0.1) is 17.2 Å². The van der Waals surface area contributed by atoms with Crippen LogP contribution in [0.5, 0.6) is 0 Å². The van der Waals surface area contributed by atoms with Gasteiger partial charge in [0.1, 0.15) is 5.92 Å². The number of rotatable bonds is 7. The largest absolute Gasteiger partial charge is 0.354 e. The third kappa shape index (κ3) is 5.72. The number of nitrogens with zero attached hydrogens (tertiary/aromatic N) is 2. The van der Waals surface area contributed by atoms with Crippen LogP contribution < -0.4 is 5.32 Å². The van der Waals surface area contributed by atoms with Gasteiger partial charge in [-0.2, -0.15) is 5.26 Å². The Morgan fingerprint density at radius 3 is 2.56 bits per heavy atom. The molecule has 1 amide bonds. The quantitative estimate of drug-likeness (QED) is 0.712. The standard InChI is InChI=1S/C12H23N3O/c1-5-6-11(9-13)12(16)14-7-8-15(4)10(2)3/h10-11H,5-8H2,1-4H3,(H,14,16). The van der Waals surface area contributed by atoms with E-state index < -0.39 is 5.92 Å². The van der Waals surface area contributed by atoms with E-state index in [0.29, 0.717) is 19.0 Å². The molecule has 0 fully saturated rings. The van der Waals surface area contributed by atoms with Gasteiger partial charge in [-0.15, -0.1) is 0 Å². The minimum Gasteiger partial charge on any atom is -0.354 e. The van der Waals surface area contributed by atoms with Crippen molar-refractivity contribution >= 4 is 5.91 Å². The van der Waals surface area contributed by atoms with Crippen molar-refractivity contribution in [2.75, 3.05) is 20.1 Å². The molecule has 92 valence electrons. The maximum absolute atomic E-state index is 11.6.